The van der Waals surface area contributed by atoms with Gasteiger partial charge in [0.1, 0.15) is 43.7 Å². The third-order valence-electron chi connectivity index (χ3n) is 12.8. The van der Waals surface area contributed by atoms with Gasteiger partial charge in [0.2, 0.25) is 35.1 Å². The van der Waals surface area contributed by atoms with Crippen molar-refractivity contribution in [2.75, 3.05) is 185 Å². The fourth-order valence-corrected chi connectivity index (χ4v) is 8.45. The molecule has 4 amide bonds. The van der Waals surface area contributed by atoms with Crippen molar-refractivity contribution < 1.29 is 126 Å². The molecule has 91 heavy (non-hydrogen) atoms. The number of nitrogens with zero attached hydrogens (tertiary/aromatic N) is 3. The zero-order valence-electron chi connectivity index (χ0n) is 52.1. The second-order valence-corrected chi connectivity index (χ2v) is 20.0. The third kappa shape index (κ3) is 36.0. The van der Waals surface area contributed by atoms with E-state index in [1.807, 2.05) is 6.92 Å². The van der Waals surface area contributed by atoms with Gasteiger partial charge in [-0.15, -0.1) is 0 Å². The molecular formula is C55H98N10O26. The fourth-order valence-electron chi connectivity index (χ4n) is 8.45. The topological polar surface area (TPSA) is 521 Å². The molecule has 0 aromatic heterocycles. The number of guanidine groups is 2. The Morgan fingerprint density at radius 1 is 0.549 bits per heavy atom. The normalized spacial score (nSPS) is 19.2. The Hall–Kier alpha value is -6.20. The number of nitrogens with two attached hydrogens (primary N) is 4. The minimum atomic E-state index is -1.70. The lowest BCUT2D eigenvalue weighted by molar-refractivity contribution is -0.160. The maximum Gasteiger partial charge on any atom is 0.370 e. The van der Waals surface area contributed by atoms with E-state index in [1.165, 1.54) is 13.0 Å². The van der Waals surface area contributed by atoms with Crippen LogP contribution in [-0.2, 0) is 95.1 Å². The standard InChI is InChI=1S/C55H98N10O26/c1-4-10-78-16-22-84-28-29-85-23-17-79-11-5-46(73)65(8-14-82-20-26-86-24-18-80-12-6-60-44(71)34-88-49(40(69)32-66)48-36(2)38(63-54(56)57)30-42(90-48)52(74)75)9-15-83-21-27-87-25-19-81-13-7-61-45(72)35-89-50(41(70)33-67)51-47(62-37(3)68)39(64-55(58)59)31-43(91-51)53(76)77/h30-31,36,38-41,47-51,66-67,69-70H,4-29,32-35H2,1-3H3,(H,60,71)(H,61,72)(H,62,68)(H,74,75)(H,76,77)(H4,56,57,63)(H4,58,59,64)/t36-,38+,39+,40-,41-,47-,48-,49-,50-,51-/m1/s1. The van der Waals surface area contributed by atoms with Gasteiger partial charge in [0, 0.05) is 45.6 Å². The first kappa shape index (κ1) is 80.9. The van der Waals surface area contributed by atoms with Gasteiger partial charge in [-0.1, -0.05) is 13.8 Å². The molecule has 0 bridgehead atoms. The SMILES string of the molecule is CCCOCCOCCOCCOCCC(=O)N(CCOCCOCCOCCNC(=O)CO[C@@H]([C@@H]1OC(C(=O)O)=C[C@H](N=C(N)N)[C@H]1C)[C@H](O)CO)CCOCCOCCOCCNC(=O)CO[C@@H]([C@@H]1OC(C(=O)O)=C[C@H](N=C(N)N)[C@H]1NC(C)=O)[C@H](O)CO. The highest BCUT2D eigenvalue weighted by atomic mass is 16.6. The Labute approximate surface area is 528 Å². The van der Waals surface area contributed by atoms with E-state index in [1.54, 1.807) is 11.8 Å². The maximum absolute atomic E-state index is 13.3. The Kier molecular flexibility index (Phi) is 43.9. The van der Waals surface area contributed by atoms with Gasteiger partial charge in [0.05, 0.1) is 163 Å². The molecule has 17 N–H and O–H groups in total. The van der Waals surface area contributed by atoms with Crippen LogP contribution in [-0.4, -0.2) is 323 Å². The van der Waals surface area contributed by atoms with Gasteiger partial charge in [0.15, 0.2) is 18.0 Å². The lowest BCUT2D eigenvalue weighted by Crippen LogP contribution is -2.60. The smallest absolute Gasteiger partial charge is 0.370 e. The summed E-state index contributed by atoms with van der Waals surface area (Å²) in [5.41, 5.74) is 22.1. The van der Waals surface area contributed by atoms with Gasteiger partial charge < -0.3 is 141 Å². The zero-order chi connectivity index (χ0) is 67.2. The van der Waals surface area contributed by atoms with Gasteiger partial charge in [-0.3, -0.25) is 19.2 Å². The summed E-state index contributed by atoms with van der Waals surface area (Å²) in [4.78, 5) is 83.8. The van der Waals surface area contributed by atoms with Crippen LogP contribution in [0.1, 0.15) is 33.6 Å². The monoisotopic (exact) mass is 1310 g/mol. The molecule has 0 radical (unpaired) electrons. The number of carbonyl (C=O) groups excluding carboxylic acids is 4. The lowest BCUT2D eigenvalue weighted by atomic mass is 9.87. The molecule has 10 atom stereocenters. The number of hydrogen-bond donors (Lipinski definition) is 13. The van der Waals surface area contributed by atoms with Crippen LogP contribution in [0.4, 0.5) is 0 Å². The predicted molar refractivity (Wildman–Crippen MR) is 319 cm³/mol. The lowest BCUT2D eigenvalue weighted by Gasteiger charge is -2.40. The first-order valence-electron chi connectivity index (χ1n) is 29.8. The van der Waals surface area contributed by atoms with Crippen molar-refractivity contribution in [3.63, 3.8) is 0 Å². The molecule has 0 saturated heterocycles. The molecule has 0 fully saturated rings. The Morgan fingerprint density at radius 2 is 0.912 bits per heavy atom. The predicted octanol–water partition coefficient (Wildman–Crippen LogP) is -6.35. The maximum atomic E-state index is 13.3. The summed E-state index contributed by atoms with van der Waals surface area (Å²) in [7, 11) is 0. The minimum absolute atomic E-state index is 0.0444. The number of aliphatic imine (C=N–C) groups is 2. The highest BCUT2D eigenvalue weighted by molar-refractivity contribution is 5.86. The molecule has 0 aromatic carbocycles. The number of rotatable bonds is 55. The number of aliphatic hydroxyl groups is 4. The minimum Gasteiger partial charge on any atom is -0.480 e. The first-order valence-corrected chi connectivity index (χ1v) is 29.8. The summed E-state index contributed by atoms with van der Waals surface area (Å²) in [6.45, 7) is 8.15. The number of carboxylic acid groups (broad SMARTS) is 2. The highest BCUT2D eigenvalue weighted by Gasteiger charge is 2.46. The van der Waals surface area contributed by atoms with Crippen molar-refractivity contribution in [2.45, 2.75) is 88.4 Å². The van der Waals surface area contributed by atoms with Crippen molar-refractivity contribution in [1.29, 1.82) is 0 Å². The van der Waals surface area contributed by atoms with E-state index in [0.29, 0.717) is 39.6 Å². The third-order valence-corrected chi connectivity index (χ3v) is 12.8. The molecule has 0 saturated carbocycles. The van der Waals surface area contributed by atoms with Crippen LogP contribution >= 0.6 is 0 Å². The van der Waals surface area contributed by atoms with Crippen molar-refractivity contribution in [1.82, 2.24) is 20.9 Å². The molecule has 36 heteroatoms. The molecular weight excluding hydrogens is 1220 g/mol. The van der Waals surface area contributed by atoms with Gasteiger partial charge >= 0.3 is 11.9 Å². The zero-order valence-corrected chi connectivity index (χ0v) is 52.1. The second kappa shape index (κ2) is 49.4. The number of nitrogens with one attached hydrogen (secondary N) is 3. The van der Waals surface area contributed by atoms with E-state index >= 15 is 0 Å². The Balaban J connectivity index is 1.71. The van der Waals surface area contributed by atoms with E-state index in [0.717, 1.165) is 12.5 Å². The summed E-state index contributed by atoms with van der Waals surface area (Å²) < 4.78 is 78.0. The Morgan fingerprint density at radius 3 is 1.31 bits per heavy atom. The van der Waals surface area contributed by atoms with Crippen LogP contribution < -0.4 is 38.9 Å². The molecule has 2 aliphatic rings. The molecule has 0 unspecified atom stereocenters. The number of hydrogen-bond acceptors (Lipinski definition) is 26. The van der Waals surface area contributed by atoms with Crippen molar-refractivity contribution >= 4 is 47.5 Å². The second-order valence-electron chi connectivity index (χ2n) is 20.0. The van der Waals surface area contributed by atoms with E-state index in [-0.39, 0.29) is 137 Å². The van der Waals surface area contributed by atoms with Crippen LogP contribution in [0.5, 0.6) is 0 Å². The highest BCUT2D eigenvalue weighted by Crippen LogP contribution is 2.31. The van der Waals surface area contributed by atoms with Crippen LogP contribution in [0.25, 0.3) is 0 Å². The van der Waals surface area contributed by atoms with Crippen molar-refractivity contribution in [2.24, 2.45) is 38.8 Å². The number of aliphatic hydroxyl groups excluding tert-OH is 4. The average molecular weight is 1320 g/mol. The molecule has 2 rings (SSSR count). The van der Waals surface area contributed by atoms with Gasteiger partial charge in [-0.05, 0) is 18.6 Å². The average Bonchev–Trinajstić information content (AvgIpc) is 0.840. The van der Waals surface area contributed by atoms with Gasteiger partial charge in [0.25, 0.3) is 0 Å². The van der Waals surface area contributed by atoms with E-state index < -0.39 is 134 Å². The summed E-state index contributed by atoms with van der Waals surface area (Å²) in [5, 5.41) is 67.5. The van der Waals surface area contributed by atoms with Crippen molar-refractivity contribution in [3.8, 4) is 0 Å². The van der Waals surface area contributed by atoms with Crippen molar-refractivity contribution in [3.05, 3.63) is 23.7 Å². The van der Waals surface area contributed by atoms with Crippen LogP contribution in [0.15, 0.2) is 33.7 Å². The Bertz CT molecular complexity index is 2200. The van der Waals surface area contributed by atoms with Crippen LogP contribution in [0.2, 0.25) is 0 Å². The number of carbonyl (C=O) groups is 6. The largest absolute Gasteiger partial charge is 0.480 e. The molecule has 0 aromatic rings. The number of ether oxygens (including phenoxy) is 14. The summed E-state index contributed by atoms with van der Waals surface area (Å²) in [5.74, 6) is -7.42. The molecule has 36 nitrogen and oxygen atoms in total. The fraction of sp³-hybridized carbons (Fsp3) is 0.782. The van der Waals surface area contributed by atoms with Gasteiger partial charge in [-0.2, -0.15) is 0 Å². The first-order chi connectivity index (χ1) is 43.7. The number of aliphatic carboxylic acids is 2. The summed E-state index contributed by atoms with van der Waals surface area (Å²) in [6, 6.07) is -3.22. The molecule has 2 aliphatic heterocycles. The van der Waals surface area contributed by atoms with E-state index in [9.17, 15) is 59.4 Å². The molecule has 0 spiro atoms. The van der Waals surface area contributed by atoms with Crippen LogP contribution in [0.3, 0.4) is 0 Å². The van der Waals surface area contributed by atoms with Gasteiger partial charge in [-0.25, -0.2) is 19.6 Å². The molecule has 0 aliphatic carbocycles. The number of amides is 4. The quantitative estimate of drug-likeness (QED) is 0.0153. The molecule has 524 valence electrons. The summed E-state index contributed by atoms with van der Waals surface area (Å²) in [6.07, 6.45) is -5.44. The summed E-state index contributed by atoms with van der Waals surface area (Å²) >= 11 is 0. The van der Waals surface area contributed by atoms with Crippen LogP contribution in [0, 0.1) is 5.92 Å². The number of carboxylic acids is 2. The molecule has 2 heterocycles. The van der Waals surface area contributed by atoms with E-state index in [2.05, 4.69) is 25.9 Å². The van der Waals surface area contributed by atoms with E-state index in [4.69, 9.17) is 89.3 Å².